The first kappa shape index (κ1) is 86.8. The van der Waals surface area contributed by atoms with Gasteiger partial charge in [0.2, 0.25) is 65.2 Å². The summed E-state index contributed by atoms with van der Waals surface area (Å²) >= 11 is 0. The molecule has 2 aromatic rings. The van der Waals surface area contributed by atoms with Gasteiger partial charge in [0.05, 0.1) is 50.2 Å². The lowest BCUT2D eigenvalue weighted by atomic mass is 9.95. The Hall–Kier alpha value is -9.65. The van der Waals surface area contributed by atoms with Gasteiger partial charge in [0.25, 0.3) is 5.91 Å². The van der Waals surface area contributed by atoms with Crippen molar-refractivity contribution in [1.29, 1.82) is 0 Å². The number of hydrogen-bond donors (Lipinski definition) is 17. The highest BCUT2D eigenvalue weighted by molar-refractivity contribution is 6.01. The number of esters is 2. The number of aliphatic hydroxyl groups excluding tert-OH is 3. The van der Waals surface area contributed by atoms with E-state index < -0.39 is 193 Å². The van der Waals surface area contributed by atoms with E-state index in [1.807, 2.05) is 18.7 Å². The first-order chi connectivity index (χ1) is 49.0. The van der Waals surface area contributed by atoms with E-state index in [-0.39, 0.29) is 74.0 Å². The number of morpholine rings is 1. The number of hydrogen-bond acceptors (Lipinski definition) is 23. The minimum Gasteiger partial charge on any atom is -0.453 e. The molecular weight excluding hydrogens is 1360 g/mol. The van der Waals surface area contributed by atoms with Gasteiger partial charge in [0, 0.05) is 25.8 Å². The third-order valence-electron chi connectivity index (χ3n) is 17.0. The standard InChI is InChI=1S/C68H107N17O19/c1-12-37(10)48-62(96)82-49(38(11)87)61(95)75-31-47(88)80-52(55(56(70)90)104-66(100)40-20-21-46(74-30-40)85-23-25-102-26-24-85)64(98)79-45(32-86)67(101)103-54(39-17-14-13-15-18-39)51(84-60(94)44(29-35(6)7)77-57(91)41(69)27-33(2)3)65(99)83-50(53(89)36(8)9)63(97)78-43(28-34(4)5)59(93)76-42(58(92)81-48)19-16-22-73-68(71)72/h13-15,17-18,20-21,30,33-38,41-45,48-55,86-87,89H,12,16,19,22-29,31-32,69H2,1-11H3,(H2,70,90)(H,75,95)(H,76,93)(H,77,91)(H,78,97)(H,79,98)(H,80,88)(H,81,92)(H,82,96)(H,83,99)(H,84,94)(H4,71,72,73)/t37-,38-,41+,42+,43-,44-,45-,48-,49-,50-,51-,52-,53+,54+,55-/m0/s1. The molecule has 3 heterocycles. The third kappa shape index (κ3) is 27.2. The van der Waals surface area contributed by atoms with Crippen LogP contribution in [0.5, 0.6) is 0 Å². The predicted octanol–water partition coefficient (Wildman–Crippen LogP) is -4.34. The number of carbonyl (C=O) groups is 13. The van der Waals surface area contributed by atoms with E-state index >= 15 is 9.59 Å². The van der Waals surface area contributed by atoms with Crippen molar-refractivity contribution in [3.63, 3.8) is 0 Å². The first-order valence-corrected chi connectivity index (χ1v) is 34.8. The molecule has 1 aromatic heterocycles. The average Bonchev–Trinajstić information content (AvgIpc) is 0.827. The van der Waals surface area contributed by atoms with Crippen LogP contribution in [0.1, 0.15) is 137 Å². The summed E-state index contributed by atoms with van der Waals surface area (Å²) in [5.74, 6) is -18.6. The number of nitrogens with two attached hydrogens (primary N) is 4. The van der Waals surface area contributed by atoms with Gasteiger partial charge in [-0.25, -0.2) is 14.6 Å². The van der Waals surface area contributed by atoms with E-state index in [0.29, 0.717) is 32.1 Å². The molecule has 36 nitrogen and oxygen atoms in total. The Bertz CT molecular complexity index is 3280. The average molecular weight is 1470 g/mol. The fourth-order valence-electron chi connectivity index (χ4n) is 11.0. The van der Waals surface area contributed by atoms with Gasteiger partial charge in [-0.15, -0.1) is 0 Å². The topological polar surface area (TPSA) is 563 Å². The Labute approximate surface area is 604 Å². The van der Waals surface area contributed by atoms with E-state index in [1.54, 1.807) is 41.5 Å². The quantitative estimate of drug-likeness (QED) is 0.0183. The second kappa shape index (κ2) is 42.2. The summed E-state index contributed by atoms with van der Waals surface area (Å²) in [6.45, 7) is 16.8. The van der Waals surface area contributed by atoms with Crippen LogP contribution in [0.2, 0.25) is 0 Å². The number of benzene rings is 1. The summed E-state index contributed by atoms with van der Waals surface area (Å²) in [5, 5.41) is 58.4. The zero-order valence-electron chi connectivity index (χ0n) is 60.8. The zero-order chi connectivity index (χ0) is 77.8. The number of guanidine groups is 1. The number of primary amides is 1. The molecule has 0 spiro atoms. The van der Waals surface area contributed by atoms with Crippen LogP contribution in [0.3, 0.4) is 0 Å². The number of carbonyl (C=O) groups excluding carboxylic acids is 13. The van der Waals surface area contributed by atoms with Crippen molar-refractivity contribution in [2.75, 3.05) is 50.9 Å². The number of nitrogens with zero attached hydrogens (tertiary/aromatic N) is 3. The van der Waals surface area contributed by atoms with E-state index in [2.05, 4.69) is 63.1 Å². The predicted molar refractivity (Wildman–Crippen MR) is 377 cm³/mol. The summed E-state index contributed by atoms with van der Waals surface area (Å²) in [6.07, 6.45) is -7.17. The molecule has 11 amide bonds. The fourth-order valence-corrected chi connectivity index (χ4v) is 11.0. The van der Waals surface area contributed by atoms with Gasteiger partial charge < -0.3 is 111 Å². The Morgan fingerprint density at radius 1 is 0.683 bits per heavy atom. The highest BCUT2D eigenvalue weighted by Crippen LogP contribution is 2.25. The molecule has 0 unspecified atom stereocenters. The van der Waals surface area contributed by atoms with Gasteiger partial charge in [-0.1, -0.05) is 106 Å². The molecule has 1 aromatic carbocycles. The molecule has 21 N–H and O–H groups in total. The molecule has 0 radical (unpaired) electrons. The Balaban J connectivity index is 2.03. The van der Waals surface area contributed by atoms with Crippen LogP contribution >= 0.6 is 0 Å². The molecule has 104 heavy (non-hydrogen) atoms. The zero-order valence-corrected chi connectivity index (χ0v) is 60.8. The minimum absolute atomic E-state index is 0.0278. The van der Waals surface area contributed by atoms with Crippen LogP contribution < -0.4 is 81.0 Å². The lowest BCUT2D eigenvalue weighted by Gasteiger charge is -2.34. The summed E-state index contributed by atoms with van der Waals surface area (Å²) in [7, 11) is 0. The van der Waals surface area contributed by atoms with Crippen molar-refractivity contribution < 1.29 is 91.9 Å². The van der Waals surface area contributed by atoms with Crippen LogP contribution in [-0.4, -0.2) is 228 Å². The van der Waals surface area contributed by atoms with Gasteiger partial charge in [-0.3, -0.25) is 57.7 Å². The van der Waals surface area contributed by atoms with Gasteiger partial charge in [-0.2, -0.15) is 0 Å². The molecule has 2 aliphatic rings. The minimum atomic E-state index is -2.52. The highest BCUT2D eigenvalue weighted by atomic mass is 16.6. The number of ether oxygens (including phenoxy) is 3. The van der Waals surface area contributed by atoms with E-state index in [4.69, 9.17) is 37.1 Å². The molecule has 2 fully saturated rings. The molecule has 36 heteroatoms. The van der Waals surface area contributed by atoms with Crippen LogP contribution in [0.15, 0.2) is 53.7 Å². The SMILES string of the molecule is CC[C@H](C)[C@@H]1NC(=O)[C@@H](CCCN=C(N)N)NC(=O)[C@H](CC(C)C)NC(=O)[C@H]([C@H](O)C(C)C)NC(=O)[C@@H](NC(=O)[C@H](CC(C)C)NC(=O)[C@H](N)CC(C)C)[C@@H](c2ccccc2)OC(=O)[C@H](CO)NC(=O)[C@H]([C@H](OC(=O)c2ccc(N3CCOCC3)nc2)C(N)=O)NC(=O)CNC(=O)[C@H]([C@H](C)O)NC1=O. The number of anilines is 1. The lowest BCUT2D eigenvalue weighted by Crippen LogP contribution is -2.64. The molecule has 4 rings (SSSR count). The number of aliphatic hydroxyl groups is 3. The van der Waals surface area contributed by atoms with Gasteiger partial charge >= 0.3 is 11.9 Å². The Kier molecular flexibility index (Phi) is 35.2. The van der Waals surface area contributed by atoms with Crippen LogP contribution in [-0.2, 0) is 71.7 Å². The molecule has 2 aliphatic heterocycles. The van der Waals surface area contributed by atoms with Crippen molar-refractivity contribution >= 4 is 88.7 Å². The molecule has 0 saturated carbocycles. The maximum Gasteiger partial charge on any atom is 0.340 e. The third-order valence-corrected chi connectivity index (χ3v) is 17.0. The first-order valence-electron chi connectivity index (χ1n) is 34.8. The number of pyridine rings is 1. The largest absolute Gasteiger partial charge is 0.453 e. The van der Waals surface area contributed by atoms with Crippen LogP contribution in [0.25, 0.3) is 0 Å². The van der Waals surface area contributed by atoms with Crippen molar-refractivity contribution in [3.05, 3.63) is 59.8 Å². The number of cyclic esters (lactones) is 1. The molecule has 0 bridgehead atoms. The number of aromatic nitrogens is 1. The molecule has 2 saturated heterocycles. The van der Waals surface area contributed by atoms with Gasteiger partial charge in [-0.05, 0) is 86.3 Å². The van der Waals surface area contributed by atoms with E-state index in [9.17, 15) is 68.1 Å². The normalized spacial score (nSPS) is 23.8. The lowest BCUT2D eigenvalue weighted by molar-refractivity contribution is -0.159. The van der Waals surface area contributed by atoms with Crippen molar-refractivity contribution in [1.82, 2.24) is 58.2 Å². The van der Waals surface area contributed by atoms with Gasteiger partial charge in [0.15, 0.2) is 24.1 Å². The molecule has 0 aliphatic carbocycles. The smallest absolute Gasteiger partial charge is 0.340 e. The van der Waals surface area contributed by atoms with E-state index in [0.717, 1.165) is 13.1 Å². The van der Waals surface area contributed by atoms with Gasteiger partial charge in [0.1, 0.15) is 48.1 Å². The molecule has 15 atom stereocenters. The van der Waals surface area contributed by atoms with Crippen LogP contribution in [0, 0.1) is 29.6 Å². The Morgan fingerprint density at radius 3 is 1.83 bits per heavy atom. The summed E-state index contributed by atoms with van der Waals surface area (Å²) in [6, 6.07) is -8.53. The molecule has 578 valence electrons. The summed E-state index contributed by atoms with van der Waals surface area (Å²) < 4.78 is 17.0. The highest BCUT2D eigenvalue weighted by Gasteiger charge is 2.45. The van der Waals surface area contributed by atoms with Crippen molar-refractivity contribution in [2.24, 2.45) is 57.5 Å². The Morgan fingerprint density at radius 2 is 1.27 bits per heavy atom. The van der Waals surface area contributed by atoms with Crippen molar-refractivity contribution in [2.45, 2.75) is 200 Å². The van der Waals surface area contributed by atoms with Crippen LogP contribution in [0.4, 0.5) is 5.82 Å². The fraction of sp³-hybridized carbons (Fsp3) is 0.632. The number of rotatable bonds is 26. The van der Waals surface area contributed by atoms with E-state index in [1.165, 1.54) is 56.3 Å². The summed E-state index contributed by atoms with van der Waals surface area (Å²) in [5.41, 5.74) is 22.9. The number of amides is 11. The monoisotopic (exact) mass is 1470 g/mol. The second-order valence-electron chi connectivity index (χ2n) is 27.4. The maximum atomic E-state index is 15.6. The van der Waals surface area contributed by atoms with Crippen molar-refractivity contribution in [3.8, 4) is 0 Å². The number of nitrogens with one attached hydrogen (secondary N) is 10. The maximum absolute atomic E-state index is 15.6. The number of aliphatic imine (C=N–C) groups is 1. The summed E-state index contributed by atoms with van der Waals surface area (Å²) in [4.78, 5) is 199. The molecular formula is C68H107N17O19. The second-order valence-corrected chi connectivity index (χ2v) is 27.4.